The largest absolute Gasteiger partial charge is 0.494 e. The van der Waals surface area contributed by atoms with E-state index in [1.165, 1.54) is 37.0 Å². The van der Waals surface area contributed by atoms with Crippen LogP contribution in [0.2, 0.25) is 0 Å². The Morgan fingerprint density at radius 3 is 2.41 bits per heavy atom. The second-order valence-electron chi connectivity index (χ2n) is 8.28. The van der Waals surface area contributed by atoms with E-state index in [9.17, 15) is 14.7 Å². The number of carbonyl (C=O) groups is 2. The number of unbranched alkanes of at least 4 members (excludes halogenated alkanes) is 5. The van der Waals surface area contributed by atoms with Gasteiger partial charge in [-0.05, 0) is 35.8 Å². The minimum atomic E-state index is -1.08. The smallest absolute Gasteiger partial charge is 0.327 e. The number of rotatable bonds is 13. The number of aliphatic carboxylic acids is 1. The molecule has 0 unspecified atom stereocenters. The van der Waals surface area contributed by atoms with Crippen LogP contribution in [0.15, 0.2) is 59.5 Å². The third-order valence-corrected chi connectivity index (χ3v) is 6.97. The molecule has 1 heterocycles. The van der Waals surface area contributed by atoms with Gasteiger partial charge < -0.3 is 9.84 Å². The van der Waals surface area contributed by atoms with Crippen LogP contribution >= 0.6 is 24.0 Å². The normalized spacial score (nSPS) is 15.7. The fraction of sp³-hybridized carbons (Fsp3) is 0.370. The summed E-state index contributed by atoms with van der Waals surface area (Å²) in [7, 11) is 0. The first-order valence-corrected chi connectivity index (χ1v) is 13.0. The lowest BCUT2D eigenvalue weighted by atomic mass is 10.0. The molecule has 0 aromatic heterocycles. The minimum absolute atomic E-state index is 0.195. The average Bonchev–Trinajstić information content (AvgIpc) is 3.11. The molecule has 5 nitrogen and oxygen atoms in total. The third kappa shape index (κ3) is 7.43. The van der Waals surface area contributed by atoms with E-state index in [4.69, 9.17) is 17.0 Å². The van der Waals surface area contributed by atoms with Crippen molar-refractivity contribution in [3.05, 3.63) is 70.6 Å². The van der Waals surface area contributed by atoms with E-state index >= 15 is 0 Å². The molecule has 180 valence electrons. The molecule has 0 spiro atoms. The molecule has 0 bridgehead atoms. The molecule has 1 fully saturated rings. The highest BCUT2D eigenvalue weighted by Gasteiger charge is 2.40. The van der Waals surface area contributed by atoms with Crippen molar-refractivity contribution in [2.75, 3.05) is 6.61 Å². The summed E-state index contributed by atoms with van der Waals surface area (Å²) in [6.45, 7) is 2.91. The minimum Gasteiger partial charge on any atom is -0.494 e. The molecule has 2 aromatic rings. The van der Waals surface area contributed by atoms with Gasteiger partial charge in [-0.15, -0.1) is 0 Å². The number of ether oxygens (including phenoxy) is 1. The Bertz CT molecular complexity index is 1010. The van der Waals surface area contributed by atoms with Crippen LogP contribution < -0.4 is 4.74 Å². The van der Waals surface area contributed by atoms with Crippen LogP contribution in [0.4, 0.5) is 0 Å². The Hall–Kier alpha value is -2.64. The molecule has 1 amide bonds. The second kappa shape index (κ2) is 13.3. The van der Waals surface area contributed by atoms with Crippen LogP contribution in [-0.4, -0.2) is 38.9 Å². The van der Waals surface area contributed by atoms with Gasteiger partial charge in [-0.25, -0.2) is 4.79 Å². The fourth-order valence-electron chi connectivity index (χ4n) is 3.76. The van der Waals surface area contributed by atoms with Crippen molar-refractivity contribution in [2.24, 2.45) is 0 Å². The van der Waals surface area contributed by atoms with E-state index in [2.05, 4.69) is 6.92 Å². The third-order valence-electron chi connectivity index (χ3n) is 5.64. The van der Waals surface area contributed by atoms with Crippen molar-refractivity contribution in [1.29, 1.82) is 0 Å². The lowest BCUT2D eigenvalue weighted by Crippen LogP contribution is -2.45. The van der Waals surface area contributed by atoms with Crippen LogP contribution in [0.3, 0.4) is 0 Å². The van der Waals surface area contributed by atoms with E-state index in [0.717, 1.165) is 35.1 Å². The van der Waals surface area contributed by atoms with Crippen LogP contribution in [0.25, 0.3) is 6.08 Å². The van der Waals surface area contributed by atoms with E-state index in [1.807, 2.05) is 54.6 Å². The molecule has 1 atom stereocenters. The summed E-state index contributed by atoms with van der Waals surface area (Å²) in [5.41, 5.74) is 1.67. The summed E-state index contributed by atoms with van der Waals surface area (Å²) in [5.74, 6) is -0.651. The molecule has 34 heavy (non-hydrogen) atoms. The zero-order valence-electron chi connectivity index (χ0n) is 19.4. The Balaban J connectivity index is 1.59. The van der Waals surface area contributed by atoms with Crippen LogP contribution in [0.5, 0.6) is 5.75 Å². The Kier molecular flexibility index (Phi) is 10.2. The number of nitrogens with zero attached hydrogens (tertiary/aromatic N) is 1. The van der Waals surface area contributed by atoms with Gasteiger partial charge in [-0.1, -0.05) is 105 Å². The SMILES string of the molecule is CCCCCCCCOc1ccc(/C=C2\SC(=S)N([C@@H](Cc3ccccc3)C(=O)O)C2=O)cc1. The highest BCUT2D eigenvalue weighted by molar-refractivity contribution is 8.26. The maximum absolute atomic E-state index is 13.1. The van der Waals surface area contributed by atoms with Gasteiger partial charge in [0, 0.05) is 6.42 Å². The van der Waals surface area contributed by atoms with Crippen molar-refractivity contribution in [2.45, 2.75) is 57.9 Å². The number of amides is 1. The molecule has 1 aliphatic heterocycles. The summed E-state index contributed by atoms with van der Waals surface area (Å²) >= 11 is 6.52. The predicted molar refractivity (Wildman–Crippen MR) is 142 cm³/mol. The molecule has 1 aliphatic rings. The maximum Gasteiger partial charge on any atom is 0.327 e. The van der Waals surface area contributed by atoms with Gasteiger partial charge in [-0.3, -0.25) is 9.69 Å². The quantitative estimate of drug-likeness (QED) is 0.198. The molecule has 0 saturated carbocycles. The van der Waals surface area contributed by atoms with Crippen LogP contribution in [0.1, 0.15) is 56.6 Å². The van der Waals surface area contributed by atoms with Crippen LogP contribution in [0, 0.1) is 0 Å². The Morgan fingerprint density at radius 2 is 1.74 bits per heavy atom. The van der Waals surface area contributed by atoms with Gasteiger partial charge in [0.1, 0.15) is 16.1 Å². The first-order valence-electron chi connectivity index (χ1n) is 11.8. The average molecular weight is 498 g/mol. The zero-order chi connectivity index (χ0) is 24.3. The number of carbonyl (C=O) groups excluding carboxylic acids is 1. The van der Waals surface area contributed by atoms with E-state index in [-0.39, 0.29) is 16.6 Å². The number of thiocarbonyl (C=S) groups is 1. The predicted octanol–water partition coefficient (Wildman–Crippen LogP) is 6.32. The van der Waals surface area contributed by atoms with Crippen molar-refractivity contribution in [1.82, 2.24) is 4.90 Å². The fourth-order valence-corrected chi connectivity index (χ4v) is 5.12. The molecular weight excluding hydrogens is 466 g/mol. The van der Waals surface area contributed by atoms with Gasteiger partial charge in [0.15, 0.2) is 0 Å². The molecule has 2 aromatic carbocycles. The van der Waals surface area contributed by atoms with Gasteiger partial charge in [0.05, 0.1) is 11.5 Å². The number of carboxylic acid groups (broad SMARTS) is 1. The molecule has 0 aliphatic carbocycles. The molecule has 0 radical (unpaired) electrons. The van der Waals surface area contributed by atoms with Gasteiger partial charge in [-0.2, -0.15) is 0 Å². The van der Waals surface area contributed by atoms with Crippen molar-refractivity contribution in [3.8, 4) is 5.75 Å². The highest BCUT2D eigenvalue weighted by Crippen LogP contribution is 2.35. The molecule has 7 heteroatoms. The van der Waals surface area contributed by atoms with Gasteiger partial charge in [0.2, 0.25) is 0 Å². The molecule has 1 N–H and O–H groups in total. The van der Waals surface area contributed by atoms with Gasteiger partial charge >= 0.3 is 5.97 Å². The Labute approximate surface area is 211 Å². The summed E-state index contributed by atoms with van der Waals surface area (Å²) in [6.07, 6.45) is 9.26. The van der Waals surface area contributed by atoms with E-state index in [0.29, 0.717) is 11.5 Å². The molecule has 3 rings (SSSR count). The standard InChI is InChI=1S/C27H31NO4S2/c1-2-3-4-5-6-10-17-32-22-15-13-21(14-16-22)19-24-25(29)28(27(33)34-24)23(26(30)31)18-20-11-8-7-9-12-20/h7-9,11-16,19,23H,2-6,10,17-18H2,1H3,(H,30,31)/b24-19-/t23-/m0/s1. The number of hydrogen-bond acceptors (Lipinski definition) is 5. The lowest BCUT2D eigenvalue weighted by Gasteiger charge is -2.23. The topological polar surface area (TPSA) is 66.8 Å². The maximum atomic E-state index is 13.1. The number of benzene rings is 2. The first kappa shape index (κ1) is 26.0. The Morgan fingerprint density at radius 1 is 1.06 bits per heavy atom. The van der Waals surface area contributed by atoms with E-state index < -0.39 is 12.0 Å². The first-order chi connectivity index (χ1) is 16.5. The molecular formula is C27H31NO4S2. The molecule has 1 saturated heterocycles. The highest BCUT2D eigenvalue weighted by atomic mass is 32.2. The van der Waals surface area contributed by atoms with Crippen molar-refractivity contribution < 1.29 is 19.4 Å². The zero-order valence-corrected chi connectivity index (χ0v) is 21.1. The monoisotopic (exact) mass is 497 g/mol. The summed E-state index contributed by atoms with van der Waals surface area (Å²) in [5, 5.41) is 9.78. The van der Waals surface area contributed by atoms with Crippen LogP contribution in [-0.2, 0) is 16.0 Å². The lowest BCUT2D eigenvalue weighted by molar-refractivity contribution is -0.145. The van der Waals surface area contributed by atoms with Crippen molar-refractivity contribution >= 4 is 46.3 Å². The summed E-state index contributed by atoms with van der Waals surface area (Å²) in [4.78, 5) is 26.7. The summed E-state index contributed by atoms with van der Waals surface area (Å²) < 4.78 is 6.08. The number of carboxylic acids is 1. The van der Waals surface area contributed by atoms with Gasteiger partial charge in [0.25, 0.3) is 5.91 Å². The van der Waals surface area contributed by atoms with Crippen molar-refractivity contribution in [3.63, 3.8) is 0 Å². The summed E-state index contributed by atoms with van der Waals surface area (Å²) in [6, 6.07) is 15.8. The second-order valence-corrected chi connectivity index (χ2v) is 9.96. The van der Waals surface area contributed by atoms with E-state index in [1.54, 1.807) is 6.08 Å². The number of thioether (sulfide) groups is 1. The number of hydrogen-bond donors (Lipinski definition) is 1.